The lowest BCUT2D eigenvalue weighted by Crippen LogP contribution is -2.06. The number of methoxy groups -OCH3 is 2. The summed E-state index contributed by atoms with van der Waals surface area (Å²) in [5, 5.41) is 4.31. The summed E-state index contributed by atoms with van der Waals surface area (Å²) in [4.78, 5) is 16.4. The molecule has 1 aliphatic carbocycles. The van der Waals surface area contributed by atoms with Crippen molar-refractivity contribution in [2.24, 2.45) is 0 Å². The number of pyridine rings is 1. The fourth-order valence-corrected chi connectivity index (χ4v) is 3.81. The molecule has 170 valence electrons. The molecular formula is C21H16F4N6O2. The van der Waals surface area contributed by atoms with Crippen molar-refractivity contribution in [1.29, 1.82) is 0 Å². The average Bonchev–Trinajstić information content (AvgIpc) is 3.53. The van der Waals surface area contributed by atoms with Crippen LogP contribution in [0.25, 0.3) is 16.9 Å². The number of halogens is 4. The topological polar surface area (TPSA) is 87.3 Å². The summed E-state index contributed by atoms with van der Waals surface area (Å²) in [5.74, 6) is -0.714. The SMILES string of the molecule is COc1ncc(-c2cc([C@@H]3C[C@H]3c3ccc(C(F)(F)F)cn3)c3ncc(F)n3n2)c(OC)n1. The molecule has 0 spiro atoms. The zero-order valence-corrected chi connectivity index (χ0v) is 17.3. The lowest BCUT2D eigenvalue weighted by Gasteiger charge is -2.11. The summed E-state index contributed by atoms with van der Waals surface area (Å²) < 4.78 is 64.4. The van der Waals surface area contributed by atoms with E-state index in [1.807, 2.05) is 0 Å². The van der Waals surface area contributed by atoms with Crippen LogP contribution in [-0.4, -0.2) is 43.8 Å². The molecule has 2 atom stereocenters. The standard InChI is InChI=1S/C21H16F4N6O2/c1-32-19-14(8-28-20(29-19)33-2)16-6-13(18-27-9-17(22)31(18)30-16)11-5-12(11)15-4-3-10(7-26-15)21(23,24)25/h3-4,6-9,11-12H,5H2,1-2H3/t11-,12-/m1/s1. The van der Waals surface area contributed by atoms with Gasteiger partial charge in [-0.1, -0.05) is 0 Å². The van der Waals surface area contributed by atoms with Crippen molar-refractivity contribution in [1.82, 2.24) is 29.5 Å². The first kappa shape index (κ1) is 21.0. The van der Waals surface area contributed by atoms with Gasteiger partial charge in [0.1, 0.15) is 0 Å². The highest BCUT2D eigenvalue weighted by molar-refractivity contribution is 5.68. The molecule has 0 aliphatic heterocycles. The molecule has 0 amide bonds. The van der Waals surface area contributed by atoms with Crippen LogP contribution in [0.2, 0.25) is 0 Å². The van der Waals surface area contributed by atoms with Crippen LogP contribution in [0.5, 0.6) is 11.9 Å². The van der Waals surface area contributed by atoms with E-state index in [1.165, 1.54) is 26.5 Å². The van der Waals surface area contributed by atoms with Gasteiger partial charge in [0, 0.05) is 29.6 Å². The summed E-state index contributed by atoms with van der Waals surface area (Å²) in [6.45, 7) is 0. The average molecular weight is 460 g/mol. The highest BCUT2D eigenvalue weighted by atomic mass is 19.4. The van der Waals surface area contributed by atoms with E-state index in [1.54, 1.807) is 6.07 Å². The molecular weight excluding hydrogens is 444 g/mol. The molecule has 0 radical (unpaired) electrons. The maximum Gasteiger partial charge on any atom is 0.417 e. The number of imidazole rings is 1. The van der Waals surface area contributed by atoms with Crippen LogP contribution in [0, 0.1) is 5.95 Å². The van der Waals surface area contributed by atoms with E-state index in [0.717, 1.165) is 23.0 Å². The van der Waals surface area contributed by atoms with Crippen LogP contribution in [0.1, 0.15) is 35.1 Å². The summed E-state index contributed by atoms with van der Waals surface area (Å²) in [7, 11) is 2.84. The molecule has 33 heavy (non-hydrogen) atoms. The van der Waals surface area contributed by atoms with Crippen LogP contribution >= 0.6 is 0 Å². The molecule has 0 N–H and O–H groups in total. The fraction of sp³-hybridized carbons (Fsp3) is 0.286. The summed E-state index contributed by atoms with van der Waals surface area (Å²) in [6, 6.07) is 4.23. The predicted octanol–water partition coefficient (Wildman–Crippen LogP) is 4.03. The minimum Gasteiger partial charge on any atom is -0.480 e. The van der Waals surface area contributed by atoms with E-state index in [4.69, 9.17) is 9.47 Å². The van der Waals surface area contributed by atoms with Crippen LogP contribution in [0.15, 0.2) is 36.8 Å². The second-order valence-corrected chi connectivity index (χ2v) is 7.50. The van der Waals surface area contributed by atoms with E-state index in [2.05, 4.69) is 25.0 Å². The van der Waals surface area contributed by atoms with Crippen molar-refractivity contribution < 1.29 is 27.0 Å². The first-order valence-corrected chi connectivity index (χ1v) is 9.83. The van der Waals surface area contributed by atoms with Crippen molar-refractivity contribution in [2.45, 2.75) is 24.4 Å². The molecule has 0 saturated heterocycles. The van der Waals surface area contributed by atoms with Crippen LogP contribution < -0.4 is 9.47 Å². The van der Waals surface area contributed by atoms with Gasteiger partial charge < -0.3 is 9.47 Å². The van der Waals surface area contributed by atoms with Gasteiger partial charge in [-0.2, -0.15) is 32.2 Å². The second-order valence-electron chi connectivity index (χ2n) is 7.50. The first-order chi connectivity index (χ1) is 15.8. The zero-order chi connectivity index (χ0) is 23.3. The Bertz CT molecular complexity index is 1340. The van der Waals surface area contributed by atoms with E-state index in [-0.39, 0.29) is 23.7 Å². The number of hydrogen-bond acceptors (Lipinski definition) is 7. The number of nitrogens with zero attached hydrogens (tertiary/aromatic N) is 6. The lowest BCUT2D eigenvalue weighted by atomic mass is 10.1. The Labute approximate surface area is 184 Å². The third-order valence-corrected chi connectivity index (χ3v) is 5.52. The molecule has 4 aromatic rings. The highest BCUT2D eigenvalue weighted by Gasteiger charge is 2.43. The smallest absolute Gasteiger partial charge is 0.417 e. The Morgan fingerprint density at radius 1 is 1.00 bits per heavy atom. The molecule has 4 aromatic heterocycles. The quantitative estimate of drug-likeness (QED) is 0.416. The molecule has 8 nitrogen and oxygen atoms in total. The van der Waals surface area contributed by atoms with Crippen LogP contribution in [-0.2, 0) is 6.18 Å². The van der Waals surface area contributed by atoms with E-state index < -0.39 is 17.7 Å². The normalized spacial score (nSPS) is 17.9. The molecule has 5 rings (SSSR count). The number of fused-ring (bicyclic) bond motifs is 1. The Hall–Kier alpha value is -3.83. The van der Waals surface area contributed by atoms with Gasteiger partial charge in [-0.15, -0.1) is 0 Å². The van der Waals surface area contributed by atoms with Gasteiger partial charge in [0.15, 0.2) is 5.65 Å². The third-order valence-electron chi connectivity index (χ3n) is 5.52. The number of hydrogen-bond donors (Lipinski definition) is 0. The molecule has 1 saturated carbocycles. The van der Waals surface area contributed by atoms with Crippen molar-refractivity contribution >= 4 is 5.65 Å². The van der Waals surface area contributed by atoms with Gasteiger partial charge in [-0.05, 0) is 30.5 Å². The number of ether oxygens (including phenoxy) is 2. The van der Waals surface area contributed by atoms with E-state index >= 15 is 0 Å². The largest absolute Gasteiger partial charge is 0.480 e. The van der Waals surface area contributed by atoms with Gasteiger partial charge in [0.2, 0.25) is 11.8 Å². The number of aromatic nitrogens is 6. The van der Waals surface area contributed by atoms with Crippen LogP contribution in [0.4, 0.5) is 17.6 Å². The lowest BCUT2D eigenvalue weighted by molar-refractivity contribution is -0.137. The van der Waals surface area contributed by atoms with E-state index in [9.17, 15) is 17.6 Å². The van der Waals surface area contributed by atoms with Gasteiger partial charge >= 0.3 is 12.2 Å². The van der Waals surface area contributed by atoms with Gasteiger partial charge in [-0.25, -0.2) is 9.97 Å². The number of rotatable bonds is 5. The monoisotopic (exact) mass is 460 g/mol. The minimum absolute atomic E-state index is 0.0985. The predicted molar refractivity (Wildman–Crippen MR) is 106 cm³/mol. The van der Waals surface area contributed by atoms with Gasteiger partial charge in [0.25, 0.3) is 0 Å². The second kappa shape index (κ2) is 7.64. The van der Waals surface area contributed by atoms with Crippen molar-refractivity contribution in [3.05, 3.63) is 59.6 Å². The first-order valence-electron chi connectivity index (χ1n) is 9.83. The van der Waals surface area contributed by atoms with E-state index in [0.29, 0.717) is 34.6 Å². The number of alkyl halides is 3. The van der Waals surface area contributed by atoms with Crippen molar-refractivity contribution in [2.75, 3.05) is 14.2 Å². The molecule has 1 aliphatic rings. The van der Waals surface area contributed by atoms with Gasteiger partial charge in [0.05, 0.1) is 37.2 Å². The third kappa shape index (κ3) is 3.70. The summed E-state index contributed by atoms with van der Waals surface area (Å²) in [6.07, 6.45) is -0.479. The minimum atomic E-state index is -4.45. The summed E-state index contributed by atoms with van der Waals surface area (Å²) in [5.41, 5.74) is 1.50. The Morgan fingerprint density at radius 3 is 2.48 bits per heavy atom. The van der Waals surface area contributed by atoms with Crippen molar-refractivity contribution in [3.8, 4) is 23.1 Å². The summed E-state index contributed by atoms with van der Waals surface area (Å²) >= 11 is 0. The Morgan fingerprint density at radius 2 is 1.82 bits per heavy atom. The molecule has 4 heterocycles. The van der Waals surface area contributed by atoms with Crippen LogP contribution in [0.3, 0.4) is 0 Å². The van der Waals surface area contributed by atoms with Gasteiger partial charge in [-0.3, -0.25) is 4.98 Å². The fourth-order valence-electron chi connectivity index (χ4n) is 3.81. The Kier molecular flexibility index (Phi) is 4.87. The maximum atomic E-state index is 14.4. The highest BCUT2D eigenvalue weighted by Crippen LogP contribution is 2.55. The Balaban J connectivity index is 1.55. The molecule has 1 fully saturated rings. The molecule has 0 bridgehead atoms. The molecule has 0 aromatic carbocycles. The maximum absolute atomic E-state index is 14.4. The molecule has 12 heteroatoms. The zero-order valence-electron chi connectivity index (χ0n) is 17.3. The molecule has 0 unspecified atom stereocenters. The van der Waals surface area contributed by atoms with Crippen molar-refractivity contribution in [3.63, 3.8) is 0 Å².